The fourth-order valence-electron chi connectivity index (χ4n) is 1.74. The number of ether oxygens (including phenoxy) is 2. The topological polar surface area (TPSA) is 98.9 Å². The molecule has 0 spiro atoms. The molecule has 2 aromatic rings. The lowest BCUT2D eigenvalue weighted by Crippen LogP contribution is -2.25. The summed E-state index contributed by atoms with van der Waals surface area (Å²) in [6, 6.07) is 12.1. The van der Waals surface area contributed by atoms with Crippen LogP contribution in [-0.4, -0.2) is 35.6 Å². The monoisotopic (exact) mass is 317 g/mol. The van der Waals surface area contributed by atoms with Gasteiger partial charge in [-0.3, -0.25) is 14.9 Å². The van der Waals surface area contributed by atoms with E-state index in [2.05, 4.69) is 0 Å². The molecule has 23 heavy (non-hydrogen) atoms. The molecule has 120 valence electrons. The van der Waals surface area contributed by atoms with Crippen LogP contribution < -0.4 is 9.47 Å². The number of hydrogen-bond donors (Lipinski definition) is 1. The van der Waals surface area contributed by atoms with Crippen LogP contribution >= 0.6 is 0 Å². The molecule has 0 saturated carbocycles. The Morgan fingerprint density at radius 3 is 1.91 bits per heavy atom. The zero-order valence-electron chi connectivity index (χ0n) is 12.1. The van der Waals surface area contributed by atoms with E-state index in [0.29, 0.717) is 17.1 Å². The first-order chi connectivity index (χ1) is 11.1. The molecule has 0 aliphatic carbocycles. The van der Waals surface area contributed by atoms with E-state index in [0.717, 1.165) is 6.29 Å². The Labute approximate surface area is 132 Å². The summed E-state index contributed by atoms with van der Waals surface area (Å²) in [5.41, 5.74) is 0.513. The number of benzene rings is 2. The molecule has 0 aliphatic rings. The highest BCUT2D eigenvalue weighted by molar-refractivity contribution is 5.74. The fourth-order valence-corrected chi connectivity index (χ4v) is 1.74. The minimum atomic E-state index is -0.865. The summed E-state index contributed by atoms with van der Waals surface area (Å²) < 4.78 is 10.7. The van der Waals surface area contributed by atoms with E-state index in [4.69, 9.17) is 9.47 Å². The van der Waals surface area contributed by atoms with Gasteiger partial charge in [0, 0.05) is 17.7 Å². The lowest BCUT2D eigenvalue weighted by atomic mass is 10.2. The van der Waals surface area contributed by atoms with Crippen LogP contribution in [0, 0.1) is 10.1 Å². The minimum Gasteiger partial charge on any atom is -0.491 e. The Hall–Kier alpha value is -2.93. The molecule has 0 aromatic heterocycles. The summed E-state index contributed by atoms with van der Waals surface area (Å²) >= 11 is 0. The van der Waals surface area contributed by atoms with Crippen molar-refractivity contribution < 1.29 is 24.3 Å². The predicted molar refractivity (Wildman–Crippen MR) is 81.9 cm³/mol. The zero-order chi connectivity index (χ0) is 16.7. The van der Waals surface area contributed by atoms with E-state index >= 15 is 0 Å². The van der Waals surface area contributed by atoms with Crippen LogP contribution in [0.4, 0.5) is 5.69 Å². The van der Waals surface area contributed by atoms with Gasteiger partial charge >= 0.3 is 0 Å². The van der Waals surface area contributed by atoms with Crippen LogP contribution in [-0.2, 0) is 0 Å². The molecule has 0 fully saturated rings. The van der Waals surface area contributed by atoms with Crippen LogP contribution in [0.1, 0.15) is 10.4 Å². The van der Waals surface area contributed by atoms with E-state index in [1.165, 1.54) is 24.3 Å². The molecule has 1 unspecified atom stereocenters. The molecule has 0 aliphatic heterocycles. The molecule has 0 amide bonds. The van der Waals surface area contributed by atoms with Gasteiger partial charge in [0.05, 0.1) is 4.92 Å². The Morgan fingerprint density at radius 2 is 1.48 bits per heavy atom. The fraction of sp³-hybridized carbons (Fsp3) is 0.188. The third kappa shape index (κ3) is 5.08. The summed E-state index contributed by atoms with van der Waals surface area (Å²) in [4.78, 5) is 20.6. The van der Waals surface area contributed by atoms with Crippen molar-refractivity contribution in [2.45, 2.75) is 6.10 Å². The van der Waals surface area contributed by atoms with Gasteiger partial charge in [-0.1, -0.05) is 0 Å². The Kier molecular flexibility index (Phi) is 5.65. The predicted octanol–water partition coefficient (Wildman–Crippen LogP) is 2.23. The number of aldehydes is 1. The summed E-state index contributed by atoms with van der Waals surface area (Å²) in [7, 11) is 0. The standard InChI is InChI=1S/C16H15NO6/c18-9-12-1-5-15(6-2-12)22-10-14(19)11-23-16-7-3-13(4-8-16)17(20)21/h1-9,14,19H,10-11H2. The Bertz CT molecular complexity index is 653. The van der Waals surface area contributed by atoms with Gasteiger partial charge in [0.1, 0.15) is 37.1 Å². The normalized spacial score (nSPS) is 11.5. The van der Waals surface area contributed by atoms with Crippen molar-refractivity contribution in [3.63, 3.8) is 0 Å². The highest BCUT2D eigenvalue weighted by atomic mass is 16.6. The number of rotatable bonds is 8. The van der Waals surface area contributed by atoms with Crippen molar-refractivity contribution >= 4 is 12.0 Å². The van der Waals surface area contributed by atoms with Gasteiger partial charge in [-0.2, -0.15) is 0 Å². The number of hydrogen-bond acceptors (Lipinski definition) is 6. The highest BCUT2D eigenvalue weighted by Gasteiger charge is 2.08. The van der Waals surface area contributed by atoms with Crippen LogP contribution in [0.15, 0.2) is 48.5 Å². The third-order valence-corrected chi connectivity index (χ3v) is 2.95. The smallest absolute Gasteiger partial charge is 0.269 e. The largest absolute Gasteiger partial charge is 0.491 e. The molecule has 1 N–H and O–H groups in total. The Balaban J connectivity index is 1.76. The molecule has 7 nitrogen and oxygen atoms in total. The van der Waals surface area contributed by atoms with Crippen LogP contribution in [0.25, 0.3) is 0 Å². The van der Waals surface area contributed by atoms with E-state index in [1.807, 2.05) is 0 Å². The molecule has 0 radical (unpaired) electrons. The van der Waals surface area contributed by atoms with Crippen molar-refractivity contribution in [3.05, 3.63) is 64.2 Å². The highest BCUT2D eigenvalue weighted by Crippen LogP contribution is 2.17. The molecule has 2 rings (SSSR count). The number of carbonyl (C=O) groups is 1. The van der Waals surface area contributed by atoms with Crippen molar-refractivity contribution in [2.75, 3.05) is 13.2 Å². The number of aliphatic hydroxyl groups is 1. The molecule has 0 bridgehead atoms. The minimum absolute atomic E-state index is 0.00969. The number of nitro groups is 1. The van der Waals surface area contributed by atoms with Crippen molar-refractivity contribution in [3.8, 4) is 11.5 Å². The van der Waals surface area contributed by atoms with Crippen LogP contribution in [0.3, 0.4) is 0 Å². The first-order valence-corrected chi connectivity index (χ1v) is 6.82. The molecular weight excluding hydrogens is 302 g/mol. The second kappa shape index (κ2) is 7.90. The quantitative estimate of drug-likeness (QED) is 0.455. The lowest BCUT2D eigenvalue weighted by molar-refractivity contribution is -0.384. The number of carbonyl (C=O) groups excluding carboxylic acids is 1. The maximum Gasteiger partial charge on any atom is 0.269 e. The second-order valence-electron chi connectivity index (χ2n) is 4.71. The van der Waals surface area contributed by atoms with Gasteiger partial charge in [-0.25, -0.2) is 0 Å². The van der Waals surface area contributed by atoms with Crippen molar-refractivity contribution in [2.24, 2.45) is 0 Å². The van der Waals surface area contributed by atoms with E-state index < -0.39 is 11.0 Å². The first kappa shape index (κ1) is 16.4. The summed E-state index contributed by atoms with van der Waals surface area (Å²) in [5.74, 6) is 0.954. The van der Waals surface area contributed by atoms with Crippen molar-refractivity contribution in [1.82, 2.24) is 0 Å². The molecule has 2 aromatic carbocycles. The van der Waals surface area contributed by atoms with Gasteiger partial charge in [0.2, 0.25) is 0 Å². The van der Waals surface area contributed by atoms with Gasteiger partial charge < -0.3 is 14.6 Å². The van der Waals surface area contributed by atoms with Crippen LogP contribution in [0.2, 0.25) is 0 Å². The van der Waals surface area contributed by atoms with E-state index in [9.17, 15) is 20.0 Å². The lowest BCUT2D eigenvalue weighted by Gasteiger charge is -2.13. The van der Waals surface area contributed by atoms with E-state index in [-0.39, 0.29) is 18.9 Å². The SMILES string of the molecule is O=Cc1ccc(OCC(O)COc2ccc([N+](=O)[O-])cc2)cc1. The zero-order valence-corrected chi connectivity index (χ0v) is 12.1. The first-order valence-electron chi connectivity index (χ1n) is 6.82. The second-order valence-corrected chi connectivity index (χ2v) is 4.71. The average molecular weight is 317 g/mol. The van der Waals surface area contributed by atoms with E-state index in [1.54, 1.807) is 24.3 Å². The maximum atomic E-state index is 10.5. The van der Waals surface area contributed by atoms with Crippen molar-refractivity contribution in [1.29, 1.82) is 0 Å². The Morgan fingerprint density at radius 1 is 1.00 bits per heavy atom. The molecule has 0 saturated heterocycles. The third-order valence-electron chi connectivity index (χ3n) is 2.95. The van der Waals surface area contributed by atoms with Gasteiger partial charge in [0.15, 0.2) is 0 Å². The molecule has 0 heterocycles. The molecule has 1 atom stereocenters. The number of nitro benzene ring substituents is 1. The number of aliphatic hydroxyl groups excluding tert-OH is 1. The van der Waals surface area contributed by atoms with Gasteiger partial charge in [-0.05, 0) is 36.4 Å². The number of non-ortho nitro benzene ring substituents is 1. The summed E-state index contributed by atoms with van der Waals surface area (Å²) in [6.07, 6.45) is -0.132. The van der Waals surface area contributed by atoms with Gasteiger partial charge in [-0.15, -0.1) is 0 Å². The summed E-state index contributed by atoms with van der Waals surface area (Å²) in [5, 5.41) is 20.3. The molecule has 7 heteroatoms. The maximum absolute atomic E-state index is 10.5. The van der Waals surface area contributed by atoms with Crippen LogP contribution in [0.5, 0.6) is 11.5 Å². The number of nitrogens with zero attached hydrogens (tertiary/aromatic N) is 1. The van der Waals surface area contributed by atoms with Gasteiger partial charge in [0.25, 0.3) is 5.69 Å². The molecular formula is C16H15NO6. The summed E-state index contributed by atoms with van der Waals surface area (Å²) in [6.45, 7) is 0.0116. The average Bonchev–Trinajstić information content (AvgIpc) is 2.59.